The number of aromatic nitrogens is 2. The number of halogens is 1. The Morgan fingerprint density at radius 3 is 2.76 bits per heavy atom. The molecule has 1 aliphatic carbocycles. The lowest BCUT2D eigenvalue weighted by Gasteiger charge is -2.16. The largest absolute Gasteiger partial charge is 0.370 e. The van der Waals surface area contributed by atoms with Gasteiger partial charge >= 0.3 is 0 Å². The molecule has 1 aromatic heterocycles. The van der Waals surface area contributed by atoms with Gasteiger partial charge in [-0.1, -0.05) is 11.6 Å². The van der Waals surface area contributed by atoms with Crippen molar-refractivity contribution in [1.82, 2.24) is 14.7 Å². The first kappa shape index (κ1) is 14.4. The summed E-state index contributed by atoms with van der Waals surface area (Å²) in [7, 11) is 0. The Morgan fingerprint density at radius 2 is 2.10 bits per heavy atom. The molecule has 1 aromatic rings. The average molecular weight is 311 g/mol. The minimum atomic E-state index is -0.247. The van der Waals surface area contributed by atoms with E-state index in [1.165, 1.54) is 10.9 Å². The van der Waals surface area contributed by atoms with Gasteiger partial charge in [-0.05, 0) is 31.6 Å². The number of nitrogens with zero attached hydrogens (tertiary/aromatic N) is 3. The Hall–Kier alpha value is -1.56. The van der Waals surface area contributed by atoms with Crippen molar-refractivity contribution in [3.05, 3.63) is 21.6 Å². The predicted molar refractivity (Wildman–Crippen MR) is 80.5 cm³/mol. The third kappa shape index (κ3) is 3.37. The topological polar surface area (TPSA) is 67.2 Å². The van der Waals surface area contributed by atoms with Crippen molar-refractivity contribution >= 4 is 23.2 Å². The molecular formula is C14H19ClN4O2. The zero-order valence-electron chi connectivity index (χ0n) is 11.8. The van der Waals surface area contributed by atoms with E-state index >= 15 is 0 Å². The molecule has 0 bridgehead atoms. The van der Waals surface area contributed by atoms with Gasteiger partial charge < -0.3 is 10.2 Å². The van der Waals surface area contributed by atoms with E-state index in [1.54, 1.807) is 0 Å². The van der Waals surface area contributed by atoms with E-state index in [-0.39, 0.29) is 28.7 Å². The first-order chi connectivity index (χ1) is 10.1. The molecule has 21 heavy (non-hydrogen) atoms. The smallest absolute Gasteiger partial charge is 0.291 e. The van der Waals surface area contributed by atoms with E-state index in [2.05, 4.69) is 10.4 Å². The molecule has 1 amide bonds. The van der Waals surface area contributed by atoms with Crippen LogP contribution in [0.4, 0.5) is 5.69 Å². The molecule has 0 atom stereocenters. The number of anilines is 1. The maximum Gasteiger partial charge on any atom is 0.291 e. The van der Waals surface area contributed by atoms with E-state index in [0.717, 1.165) is 38.8 Å². The predicted octanol–water partition coefficient (Wildman–Crippen LogP) is 1.34. The van der Waals surface area contributed by atoms with E-state index < -0.39 is 0 Å². The molecule has 0 radical (unpaired) electrons. The van der Waals surface area contributed by atoms with Crippen molar-refractivity contribution in [2.24, 2.45) is 5.92 Å². The van der Waals surface area contributed by atoms with Crippen LogP contribution in [0.15, 0.2) is 11.0 Å². The third-order valence-corrected chi connectivity index (χ3v) is 4.29. The van der Waals surface area contributed by atoms with Crippen molar-refractivity contribution in [3.8, 4) is 0 Å². The van der Waals surface area contributed by atoms with Crippen molar-refractivity contribution < 1.29 is 4.79 Å². The number of hydrogen-bond donors (Lipinski definition) is 1. The van der Waals surface area contributed by atoms with Crippen LogP contribution in [0, 0.1) is 5.92 Å². The Kier molecular flexibility index (Phi) is 4.14. The Balaban J connectivity index is 1.68. The fraction of sp³-hybridized carbons (Fsp3) is 0.643. The van der Waals surface area contributed by atoms with Crippen molar-refractivity contribution in [1.29, 1.82) is 0 Å². The molecule has 2 fully saturated rings. The van der Waals surface area contributed by atoms with Gasteiger partial charge in [-0.25, -0.2) is 4.68 Å². The quantitative estimate of drug-likeness (QED) is 0.891. The van der Waals surface area contributed by atoms with Crippen LogP contribution in [-0.4, -0.2) is 40.2 Å². The first-order valence-corrected chi connectivity index (χ1v) is 7.80. The fourth-order valence-corrected chi connectivity index (χ4v) is 2.74. The van der Waals surface area contributed by atoms with Gasteiger partial charge in [0, 0.05) is 19.6 Å². The molecule has 0 aromatic carbocycles. The summed E-state index contributed by atoms with van der Waals surface area (Å²) in [5.74, 6) is 0.559. The minimum Gasteiger partial charge on any atom is -0.370 e. The summed E-state index contributed by atoms with van der Waals surface area (Å²) in [4.78, 5) is 26.1. The third-order valence-electron chi connectivity index (χ3n) is 4.00. The Labute approximate surface area is 128 Å². The molecule has 1 aliphatic heterocycles. The van der Waals surface area contributed by atoms with Gasteiger partial charge in [-0.15, -0.1) is 0 Å². The lowest BCUT2D eigenvalue weighted by Crippen LogP contribution is -2.35. The number of amides is 1. The first-order valence-electron chi connectivity index (χ1n) is 7.42. The number of nitrogens with one attached hydrogen (secondary N) is 1. The maximum atomic E-state index is 12.3. The molecule has 2 heterocycles. The van der Waals surface area contributed by atoms with E-state index in [0.29, 0.717) is 12.5 Å². The van der Waals surface area contributed by atoms with Crippen LogP contribution in [0.1, 0.15) is 25.7 Å². The number of rotatable bonds is 5. The summed E-state index contributed by atoms with van der Waals surface area (Å²) < 4.78 is 1.44. The standard InChI is InChI=1S/C14H19ClN4O2/c15-11-7-17-19(9-10-3-4-10)14(21)13(11)16-8-12(20)18-5-1-2-6-18/h7,10,16H,1-6,8-9H2. The van der Waals surface area contributed by atoms with Gasteiger partial charge in [-0.3, -0.25) is 9.59 Å². The molecule has 1 saturated carbocycles. The van der Waals surface area contributed by atoms with E-state index in [4.69, 9.17) is 11.6 Å². The second kappa shape index (κ2) is 6.05. The summed E-state index contributed by atoms with van der Waals surface area (Å²) in [5.41, 5.74) is 0.0310. The summed E-state index contributed by atoms with van der Waals surface area (Å²) in [5, 5.41) is 7.22. The highest BCUT2D eigenvalue weighted by atomic mass is 35.5. The van der Waals surface area contributed by atoms with Crippen LogP contribution in [0.25, 0.3) is 0 Å². The van der Waals surface area contributed by atoms with Crippen LogP contribution in [-0.2, 0) is 11.3 Å². The summed E-state index contributed by atoms with van der Waals surface area (Å²) in [6.07, 6.45) is 5.86. The van der Waals surface area contributed by atoms with Gasteiger partial charge in [0.25, 0.3) is 5.56 Å². The van der Waals surface area contributed by atoms with Gasteiger partial charge in [0.05, 0.1) is 17.8 Å². The summed E-state index contributed by atoms with van der Waals surface area (Å²) in [6, 6.07) is 0. The van der Waals surface area contributed by atoms with Gasteiger partial charge in [0.2, 0.25) is 5.91 Å². The van der Waals surface area contributed by atoms with Crippen molar-refractivity contribution in [2.75, 3.05) is 25.0 Å². The van der Waals surface area contributed by atoms with Crippen LogP contribution < -0.4 is 10.9 Å². The minimum absolute atomic E-state index is 0.00789. The average Bonchev–Trinajstić information content (AvgIpc) is 3.11. The van der Waals surface area contributed by atoms with E-state index in [9.17, 15) is 9.59 Å². The van der Waals surface area contributed by atoms with Gasteiger partial charge in [0.15, 0.2) is 0 Å². The molecule has 114 valence electrons. The maximum absolute atomic E-state index is 12.3. The number of carbonyl (C=O) groups excluding carboxylic acids is 1. The number of hydrogen-bond acceptors (Lipinski definition) is 4. The highest BCUT2D eigenvalue weighted by Gasteiger charge is 2.24. The normalized spacial score (nSPS) is 18.0. The van der Waals surface area contributed by atoms with Gasteiger partial charge in [-0.2, -0.15) is 5.10 Å². The second-order valence-electron chi connectivity index (χ2n) is 5.74. The highest BCUT2D eigenvalue weighted by Crippen LogP contribution is 2.30. The van der Waals surface area contributed by atoms with E-state index in [1.807, 2.05) is 4.90 Å². The lowest BCUT2D eigenvalue weighted by molar-refractivity contribution is -0.128. The molecule has 7 heteroatoms. The van der Waals surface area contributed by atoms with Crippen LogP contribution in [0.3, 0.4) is 0 Å². The number of carbonyl (C=O) groups is 1. The number of likely N-dealkylation sites (tertiary alicyclic amines) is 1. The monoisotopic (exact) mass is 310 g/mol. The van der Waals surface area contributed by atoms with Crippen LogP contribution >= 0.6 is 11.6 Å². The molecule has 0 spiro atoms. The molecule has 1 saturated heterocycles. The summed E-state index contributed by atoms with van der Waals surface area (Å²) >= 11 is 6.03. The zero-order valence-corrected chi connectivity index (χ0v) is 12.6. The van der Waals surface area contributed by atoms with Crippen LogP contribution in [0.2, 0.25) is 5.02 Å². The molecule has 6 nitrogen and oxygen atoms in total. The molecule has 2 aliphatic rings. The highest BCUT2D eigenvalue weighted by molar-refractivity contribution is 6.33. The lowest BCUT2D eigenvalue weighted by atomic mass is 10.4. The van der Waals surface area contributed by atoms with Gasteiger partial charge in [0.1, 0.15) is 5.69 Å². The summed E-state index contributed by atoms with van der Waals surface area (Å²) in [6.45, 7) is 2.33. The zero-order chi connectivity index (χ0) is 14.8. The Bertz CT molecular complexity index is 591. The molecule has 0 unspecified atom stereocenters. The SMILES string of the molecule is O=C(CNc1c(Cl)cnn(CC2CC2)c1=O)N1CCCC1. The van der Waals surface area contributed by atoms with Crippen molar-refractivity contribution in [3.63, 3.8) is 0 Å². The molecule has 3 rings (SSSR count). The Morgan fingerprint density at radius 1 is 1.38 bits per heavy atom. The van der Waals surface area contributed by atoms with Crippen molar-refractivity contribution in [2.45, 2.75) is 32.2 Å². The van der Waals surface area contributed by atoms with Crippen LogP contribution in [0.5, 0.6) is 0 Å². The molecular weight excluding hydrogens is 292 g/mol. The second-order valence-corrected chi connectivity index (χ2v) is 6.15. The molecule has 1 N–H and O–H groups in total. The fourth-order valence-electron chi connectivity index (χ4n) is 2.55.